The van der Waals surface area contributed by atoms with Crippen LogP contribution < -0.4 is 10.7 Å². The SMILES string of the molecule is O=C(COC(=O)[C@H]1CC(=O)N(NC(=O)c2ccccc2Cl)C1)Nc1cccc(C(F)(F)F)c1. The molecule has 2 aromatic rings. The van der Waals surface area contributed by atoms with Crippen molar-refractivity contribution in [1.82, 2.24) is 10.4 Å². The van der Waals surface area contributed by atoms with E-state index >= 15 is 0 Å². The number of alkyl halides is 3. The number of esters is 1. The maximum Gasteiger partial charge on any atom is 0.416 e. The molecule has 12 heteroatoms. The number of nitrogens with zero attached hydrogens (tertiary/aromatic N) is 1. The molecule has 0 bridgehead atoms. The lowest BCUT2D eigenvalue weighted by atomic mass is 10.1. The molecule has 3 rings (SSSR count). The van der Waals surface area contributed by atoms with Crippen molar-refractivity contribution in [1.29, 1.82) is 0 Å². The smallest absolute Gasteiger partial charge is 0.416 e. The van der Waals surface area contributed by atoms with Crippen LogP contribution >= 0.6 is 11.6 Å². The lowest BCUT2D eigenvalue weighted by molar-refractivity contribution is -0.151. The molecule has 1 fully saturated rings. The van der Waals surface area contributed by atoms with E-state index in [1.165, 1.54) is 18.2 Å². The van der Waals surface area contributed by atoms with Crippen LogP contribution in [0.15, 0.2) is 48.5 Å². The van der Waals surface area contributed by atoms with Crippen LogP contribution in [-0.2, 0) is 25.3 Å². The van der Waals surface area contributed by atoms with Crippen LogP contribution in [0.2, 0.25) is 5.02 Å². The predicted octanol–water partition coefficient (Wildman–Crippen LogP) is 3.03. The molecular formula is C21H17ClF3N3O5. The minimum Gasteiger partial charge on any atom is -0.455 e. The van der Waals surface area contributed by atoms with Gasteiger partial charge in [-0.2, -0.15) is 13.2 Å². The summed E-state index contributed by atoms with van der Waals surface area (Å²) in [4.78, 5) is 48.6. The molecule has 1 atom stereocenters. The van der Waals surface area contributed by atoms with Crippen molar-refractivity contribution < 1.29 is 37.1 Å². The Morgan fingerprint density at radius 1 is 1.12 bits per heavy atom. The summed E-state index contributed by atoms with van der Waals surface area (Å²) in [6, 6.07) is 10.2. The molecule has 1 saturated heterocycles. The first-order chi connectivity index (χ1) is 15.5. The van der Waals surface area contributed by atoms with Gasteiger partial charge in [-0.15, -0.1) is 0 Å². The third-order valence-electron chi connectivity index (χ3n) is 4.63. The Hall–Kier alpha value is -3.60. The van der Waals surface area contributed by atoms with Gasteiger partial charge in [0.2, 0.25) is 5.91 Å². The Labute approximate surface area is 190 Å². The second-order valence-corrected chi connectivity index (χ2v) is 7.47. The third kappa shape index (κ3) is 6.22. The molecule has 3 amide bonds. The molecule has 8 nitrogen and oxygen atoms in total. The van der Waals surface area contributed by atoms with E-state index in [1.54, 1.807) is 12.1 Å². The number of hydrogen-bond donors (Lipinski definition) is 2. The summed E-state index contributed by atoms with van der Waals surface area (Å²) in [5, 5.41) is 3.35. The number of amides is 3. The monoisotopic (exact) mass is 483 g/mol. The first-order valence-corrected chi connectivity index (χ1v) is 9.92. The number of hydrogen-bond acceptors (Lipinski definition) is 5. The Bertz CT molecular complexity index is 1090. The first kappa shape index (κ1) is 24.1. The van der Waals surface area contributed by atoms with Gasteiger partial charge in [-0.1, -0.05) is 29.8 Å². The fourth-order valence-corrected chi connectivity index (χ4v) is 3.25. The Morgan fingerprint density at radius 3 is 2.55 bits per heavy atom. The number of anilines is 1. The third-order valence-corrected chi connectivity index (χ3v) is 4.96. The van der Waals surface area contributed by atoms with Crippen molar-refractivity contribution in [3.63, 3.8) is 0 Å². The highest BCUT2D eigenvalue weighted by molar-refractivity contribution is 6.33. The molecule has 1 heterocycles. The van der Waals surface area contributed by atoms with Crippen molar-refractivity contribution in [2.24, 2.45) is 5.92 Å². The molecule has 2 N–H and O–H groups in total. The zero-order chi connectivity index (χ0) is 24.2. The quantitative estimate of drug-likeness (QED) is 0.615. The summed E-state index contributed by atoms with van der Waals surface area (Å²) in [5.74, 6) is -3.83. The molecule has 1 aliphatic rings. The molecule has 0 saturated carbocycles. The molecule has 0 aromatic heterocycles. The van der Waals surface area contributed by atoms with Gasteiger partial charge in [0.05, 0.1) is 28.6 Å². The Morgan fingerprint density at radius 2 is 1.85 bits per heavy atom. The number of halogens is 4. The minimum atomic E-state index is -4.57. The fourth-order valence-electron chi connectivity index (χ4n) is 3.03. The molecular weight excluding hydrogens is 467 g/mol. The molecule has 174 valence electrons. The summed E-state index contributed by atoms with van der Waals surface area (Å²) in [6.07, 6.45) is -4.83. The maximum absolute atomic E-state index is 12.7. The van der Waals surface area contributed by atoms with Crippen molar-refractivity contribution in [2.45, 2.75) is 12.6 Å². The molecule has 0 unspecified atom stereocenters. The lowest BCUT2D eigenvalue weighted by Crippen LogP contribution is -2.43. The van der Waals surface area contributed by atoms with Gasteiger partial charge >= 0.3 is 12.1 Å². The standard InChI is InChI=1S/C21H17ClF3N3O5/c22-16-7-2-1-6-15(16)19(31)27-28-10-12(8-18(28)30)20(32)33-11-17(29)26-14-5-3-4-13(9-14)21(23,24)25/h1-7,9,12H,8,10-11H2,(H,26,29)(H,27,31)/t12-/m0/s1. The molecule has 1 aliphatic heterocycles. The van der Waals surface area contributed by atoms with Gasteiger partial charge in [0, 0.05) is 12.1 Å². The Balaban J connectivity index is 1.50. The van der Waals surface area contributed by atoms with Gasteiger partial charge in [-0.25, -0.2) is 0 Å². The second kappa shape index (κ2) is 9.90. The van der Waals surface area contributed by atoms with Gasteiger partial charge in [0.15, 0.2) is 6.61 Å². The van der Waals surface area contributed by atoms with Crippen LogP contribution in [0, 0.1) is 5.92 Å². The number of hydrazine groups is 1. The van der Waals surface area contributed by atoms with Crippen LogP contribution in [0.5, 0.6) is 0 Å². The van der Waals surface area contributed by atoms with E-state index in [0.29, 0.717) is 0 Å². The van der Waals surface area contributed by atoms with Crippen molar-refractivity contribution in [3.8, 4) is 0 Å². The lowest BCUT2D eigenvalue weighted by Gasteiger charge is -2.18. The number of carbonyl (C=O) groups excluding carboxylic acids is 4. The highest BCUT2D eigenvalue weighted by atomic mass is 35.5. The highest BCUT2D eigenvalue weighted by Crippen LogP contribution is 2.30. The highest BCUT2D eigenvalue weighted by Gasteiger charge is 2.37. The molecule has 0 spiro atoms. The zero-order valence-corrected chi connectivity index (χ0v) is 17.6. The Kier molecular flexibility index (Phi) is 7.22. The normalized spacial score (nSPS) is 15.8. The summed E-state index contributed by atoms with van der Waals surface area (Å²) >= 11 is 5.95. The molecule has 2 aromatic carbocycles. The van der Waals surface area contributed by atoms with E-state index in [4.69, 9.17) is 16.3 Å². The number of ether oxygens (including phenoxy) is 1. The van der Waals surface area contributed by atoms with Gasteiger partial charge in [-0.05, 0) is 30.3 Å². The van der Waals surface area contributed by atoms with Crippen LogP contribution in [0.25, 0.3) is 0 Å². The number of carbonyl (C=O) groups is 4. The van der Waals surface area contributed by atoms with Crippen LogP contribution in [0.4, 0.5) is 18.9 Å². The van der Waals surface area contributed by atoms with Crippen molar-refractivity contribution >= 4 is 41.0 Å². The zero-order valence-electron chi connectivity index (χ0n) is 16.8. The summed E-state index contributed by atoms with van der Waals surface area (Å²) in [5.41, 5.74) is 1.45. The van der Waals surface area contributed by atoms with Gasteiger partial charge in [0.25, 0.3) is 11.8 Å². The van der Waals surface area contributed by atoms with E-state index in [9.17, 15) is 32.3 Å². The van der Waals surface area contributed by atoms with Crippen LogP contribution in [0.3, 0.4) is 0 Å². The topological polar surface area (TPSA) is 105 Å². The first-order valence-electron chi connectivity index (χ1n) is 9.54. The van der Waals surface area contributed by atoms with Crippen molar-refractivity contribution in [2.75, 3.05) is 18.5 Å². The predicted molar refractivity (Wildman–Crippen MR) is 110 cm³/mol. The number of benzene rings is 2. The number of nitrogens with one attached hydrogen (secondary N) is 2. The second-order valence-electron chi connectivity index (χ2n) is 7.06. The van der Waals surface area contributed by atoms with Crippen LogP contribution in [-0.4, -0.2) is 41.9 Å². The summed E-state index contributed by atoms with van der Waals surface area (Å²) < 4.78 is 43.1. The molecule has 0 radical (unpaired) electrons. The summed E-state index contributed by atoms with van der Waals surface area (Å²) in [7, 11) is 0. The number of rotatable bonds is 6. The van der Waals surface area contributed by atoms with Gasteiger partial charge < -0.3 is 10.1 Å². The fraction of sp³-hybridized carbons (Fsp3) is 0.238. The van der Waals surface area contributed by atoms with E-state index in [1.807, 2.05) is 0 Å². The van der Waals surface area contributed by atoms with E-state index in [2.05, 4.69) is 10.7 Å². The van der Waals surface area contributed by atoms with Crippen molar-refractivity contribution in [3.05, 3.63) is 64.7 Å². The summed E-state index contributed by atoms with van der Waals surface area (Å²) in [6.45, 7) is -0.936. The van der Waals surface area contributed by atoms with E-state index in [0.717, 1.165) is 23.2 Å². The van der Waals surface area contributed by atoms with Gasteiger partial charge in [-0.3, -0.25) is 29.6 Å². The average molecular weight is 484 g/mol. The average Bonchev–Trinajstić information content (AvgIpc) is 3.12. The maximum atomic E-state index is 12.7. The van der Waals surface area contributed by atoms with Gasteiger partial charge in [0.1, 0.15) is 0 Å². The molecule has 0 aliphatic carbocycles. The van der Waals surface area contributed by atoms with E-state index < -0.39 is 48.0 Å². The molecule has 33 heavy (non-hydrogen) atoms. The van der Waals surface area contributed by atoms with Crippen LogP contribution in [0.1, 0.15) is 22.3 Å². The minimum absolute atomic E-state index is 0.115. The largest absolute Gasteiger partial charge is 0.455 e. The van der Waals surface area contributed by atoms with E-state index in [-0.39, 0.29) is 29.2 Å².